The fraction of sp³-hybridized carbons (Fsp3) is 0.870. The zero-order chi connectivity index (χ0) is 21.9. The fourth-order valence-corrected chi connectivity index (χ4v) is 5.63. The molecular weight excluding hydrogens is 380 g/mol. The van der Waals surface area contributed by atoms with Crippen molar-refractivity contribution in [2.45, 2.75) is 71.4 Å². The summed E-state index contributed by atoms with van der Waals surface area (Å²) in [6.07, 6.45) is 5.08. The van der Waals surface area contributed by atoms with Gasteiger partial charge in [-0.1, -0.05) is 27.7 Å². The van der Waals surface area contributed by atoms with Crippen LogP contribution in [-0.4, -0.2) is 78.7 Å². The molecule has 0 radical (unpaired) electrons. The number of aldehydes is 1. The van der Waals surface area contributed by atoms with E-state index in [4.69, 9.17) is 0 Å². The van der Waals surface area contributed by atoms with Crippen LogP contribution in [0.2, 0.25) is 0 Å². The van der Waals surface area contributed by atoms with Gasteiger partial charge in [0.1, 0.15) is 11.8 Å². The van der Waals surface area contributed by atoms with Gasteiger partial charge in [0.15, 0.2) is 0 Å². The van der Waals surface area contributed by atoms with E-state index in [2.05, 4.69) is 43.2 Å². The highest BCUT2D eigenvalue weighted by Crippen LogP contribution is 2.38. The molecule has 2 atom stereocenters. The zero-order valence-corrected chi connectivity index (χ0v) is 19.2. The molecule has 0 saturated carbocycles. The quantitative estimate of drug-likeness (QED) is 0.581. The van der Waals surface area contributed by atoms with Crippen LogP contribution in [0, 0.1) is 17.3 Å². The highest BCUT2D eigenvalue weighted by molar-refractivity contribution is 5.87. The maximum Gasteiger partial charge on any atom is 0.240 e. The number of carbonyl (C=O) groups is 3. The Hall–Kier alpha value is -1.47. The minimum Gasteiger partial charge on any atom is -0.356 e. The summed E-state index contributed by atoms with van der Waals surface area (Å²) in [5, 5.41) is 6.35. The van der Waals surface area contributed by atoms with Crippen molar-refractivity contribution in [1.29, 1.82) is 0 Å². The van der Waals surface area contributed by atoms with Gasteiger partial charge in [-0.3, -0.25) is 9.59 Å². The molecule has 0 aromatic heterocycles. The van der Waals surface area contributed by atoms with Crippen molar-refractivity contribution >= 4 is 18.1 Å². The van der Waals surface area contributed by atoms with Gasteiger partial charge >= 0.3 is 0 Å². The second-order valence-electron chi connectivity index (χ2n) is 10.7. The number of nitrogens with one attached hydrogen (secondary N) is 2. The van der Waals surface area contributed by atoms with E-state index in [-0.39, 0.29) is 23.3 Å². The lowest BCUT2D eigenvalue weighted by atomic mass is 9.77. The number of hydrogen-bond donors (Lipinski definition) is 2. The lowest BCUT2D eigenvalue weighted by molar-refractivity contribution is -0.149. The van der Waals surface area contributed by atoms with Crippen LogP contribution >= 0.6 is 0 Å². The van der Waals surface area contributed by atoms with E-state index in [1.54, 1.807) is 0 Å². The smallest absolute Gasteiger partial charge is 0.240 e. The van der Waals surface area contributed by atoms with Crippen molar-refractivity contribution in [3.05, 3.63) is 0 Å². The first-order valence-electron chi connectivity index (χ1n) is 11.7. The van der Waals surface area contributed by atoms with E-state index in [9.17, 15) is 14.4 Å². The number of likely N-dealkylation sites (tertiary alicyclic amines) is 1. The van der Waals surface area contributed by atoms with Crippen molar-refractivity contribution < 1.29 is 14.4 Å². The molecule has 170 valence electrons. The predicted octanol–water partition coefficient (Wildman–Crippen LogP) is 1.42. The van der Waals surface area contributed by atoms with Crippen LogP contribution in [0.25, 0.3) is 0 Å². The van der Waals surface area contributed by atoms with Gasteiger partial charge in [0.2, 0.25) is 11.8 Å². The summed E-state index contributed by atoms with van der Waals surface area (Å²) in [5.41, 5.74) is -0.695. The van der Waals surface area contributed by atoms with Crippen LogP contribution in [0.15, 0.2) is 0 Å². The molecule has 0 bridgehead atoms. The maximum atomic E-state index is 13.4. The highest BCUT2D eigenvalue weighted by atomic mass is 16.2. The minimum atomic E-state index is -0.781. The molecule has 3 aliphatic heterocycles. The third kappa shape index (κ3) is 5.05. The number of rotatable bonds is 8. The first-order valence-corrected chi connectivity index (χ1v) is 11.7. The van der Waals surface area contributed by atoms with Gasteiger partial charge in [-0.15, -0.1) is 0 Å². The normalized spacial score (nSPS) is 27.0. The van der Waals surface area contributed by atoms with E-state index in [0.29, 0.717) is 37.8 Å². The number of hydrogen-bond acceptors (Lipinski definition) is 5. The Morgan fingerprint density at radius 1 is 1.13 bits per heavy atom. The monoisotopic (exact) mass is 420 g/mol. The second-order valence-corrected chi connectivity index (χ2v) is 10.7. The van der Waals surface area contributed by atoms with Crippen molar-refractivity contribution in [2.24, 2.45) is 17.3 Å². The van der Waals surface area contributed by atoms with Crippen molar-refractivity contribution in [3.63, 3.8) is 0 Å². The van der Waals surface area contributed by atoms with Crippen LogP contribution in [0.3, 0.4) is 0 Å². The molecule has 3 aliphatic rings. The summed E-state index contributed by atoms with van der Waals surface area (Å²) in [6.45, 7) is 12.9. The van der Waals surface area contributed by atoms with Crippen LogP contribution in [-0.2, 0) is 14.4 Å². The van der Waals surface area contributed by atoms with Gasteiger partial charge in [0.25, 0.3) is 0 Å². The molecule has 7 nitrogen and oxygen atoms in total. The van der Waals surface area contributed by atoms with Crippen LogP contribution < -0.4 is 10.6 Å². The zero-order valence-electron chi connectivity index (χ0n) is 19.2. The Labute approximate surface area is 181 Å². The largest absolute Gasteiger partial charge is 0.356 e. The summed E-state index contributed by atoms with van der Waals surface area (Å²) in [6, 6.07) is -0.203. The molecule has 7 heteroatoms. The minimum absolute atomic E-state index is 0.0711. The van der Waals surface area contributed by atoms with Crippen LogP contribution in [0.4, 0.5) is 0 Å². The van der Waals surface area contributed by atoms with E-state index < -0.39 is 5.54 Å². The number of piperidine rings is 1. The first kappa shape index (κ1) is 23.2. The van der Waals surface area contributed by atoms with E-state index >= 15 is 0 Å². The molecule has 2 amide bonds. The average Bonchev–Trinajstić information content (AvgIpc) is 3.04. The molecule has 3 fully saturated rings. The Morgan fingerprint density at radius 3 is 2.37 bits per heavy atom. The Kier molecular flexibility index (Phi) is 7.23. The fourth-order valence-electron chi connectivity index (χ4n) is 5.63. The maximum absolute atomic E-state index is 13.4. The summed E-state index contributed by atoms with van der Waals surface area (Å²) < 4.78 is 0. The Balaban J connectivity index is 1.74. The van der Waals surface area contributed by atoms with Gasteiger partial charge in [0.05, 0.1) is 6.04 Å². The molecule has 30 heavy (non-hydrogen) atoms. The lowest BCUT2D eigenvalue weighted by Crippen LogP contribution is -2.67. The molecule has 0 aliphatic carbocycles. The molecule has 0 aromatic rings. The summed E-state index contributed by atoms with van der Waals surface area (Å²) >= 11 is 0. The van der Waals surface area contributed by atoms with Crippen molar-refractivity contribution in [2.75, 3.05) is 39.3 Å². The molecule has 1 spiro atoms. The third-order valence-electron chi connectivity index (χ3n) is 7.13. The van der Waals surface area contributed by atoms with Gasteiger partial charge < -0.3 is 25.2 Å². The molecule has 3 heterocycles. The van der Waals surface area contributed by atoms with Crippen molar-refractivity contribution in [3.8, 4) is 0 Å². The Bertz CT molecular complexity index is 642. The average molecular weight is 421 g/mol. The Morgan fingerprint density at radius 2 is 1.83 bits per heavy atom. The van der Waals surface area contributed by atoms with E-state index in [0.717, 1.165) is 51.7 Å². The van der Waals surface area contributed by atoms with E-state index in [1.165, 1.54) is 0 Å². The van der Waals surface area contributed by atoms with E-state index in [1.807, 2.05) is 4.90 Å². The molecular formula is C23H40N4O3. The number of nitrogens with zero attached hydrogens (tertiary/aromatic N) is 2. The standard InChI is InChI=1S/C23H40N4O3/c1-17(2)11-19-21(30)27(10-7-24-19)23(16-28,12-18(3)4)15-26-8-5-22(6-9-26)13-20(29)25-14-22/h16-19,24H,5-15H2,1-4H3,(H,25,29)/t19-,23+/m0/s1. The first-order chi connectivity index (χ1) is 14.2. The topological polar surface area (TPSA) is 81.8 Å². The highest BCUT2D eigenvalue weighted by Gasteiger charge is 2.47. The number of amides is 2. The van der Waals surface area contributed by atoms with Gasteiger partial charge in [-0.25, -0.2) is 0 Å². The van der Waals surface area contributed by atoms with Gasteiger partial charge in [0, 0.05) is 32.6 Å². The third-order valence-corrected chi connectivity index (χ3v) is 7.13. The number of piperazine rings is 1. The van der Waals surface area contributed by atoms with Crippen molar-refractivity contribution in [1.82, 2.24) is 20.4 Å². The molecule has 3 saturated heterocycles. The second kappa shape index (κ2) is 9.35. The van der Waals surface area contributed by atoms with Crippen LogP contribution in [0.5, 0.6) is 0 Å². The lowest BCUT2D eigenvalue weighted by Gasteiger charge is -2.49. The summed E-state index contributed by atoms with van der Waals surface area (Å²) in [7, 11) is 0. The molecule has 2 N–H and O–H groups in total. The summed E-state index contributed by atoms with van der Waals surface area (Å²) in [4.78, 5) is 41.9. The predicted molar refractivity (Wildman–Crippen MR) is 117 cm³/mol. The molecule has 0 unspecified atom stereocenters. The SMILES string of the molecule is CC(C)C[C@@H]1NCCN([C@](C=O)(CC(C)C)CN2CCC3(CC2)CNC(=O)C3)C1=O. The molecule has 0 aromatic carbocycles. The molecule has 3 rings (SSSR count). The number of carbonyl (C=O) groups excluding carboxylic acids is 3. The summed E-state index contributed by atoms with van der Waals surface area (Å²) in [5.74, 6) is 0.965. The van der Waals surface area contributed by atoms with Gasteiger partial charge in [-0.2, -0.15) is 0 Å². The van der Waals surface area contributed by atoms with Crippen LogP contribution in [0.1, 0.15) is 59.8 Å². The van der Waals surface area contributed by atoms with Gasteiger partial charge in [-0.05, 0) is 56.0 Å².